The van der Waals surface area contributed by atoms with Gasteiger partial charge < -0.3 is 9.73 Å². The van der Waals surface area contributed by atoms with Gasteiger partial charge in [-0.2, -0.15) is 0 Å². The molecule has 0 saturated carbocycles. The van der Waals surface area contributed by atoms with E-state index in [-0.39, 0.29) is 5.91 Å². The molecule has 0 spiro atoms. The van der Waals surface area contributed by atoms with Gasteiger partial charge in [0.2, 0.25) is 5.89 Å². The second-order valence-electron chi connectivity index (χ2n) is 6.52. The molecule has 3 aromatic rings. The summed E-state index contributed by atoms with van der Waals surface area (Å²) in [5.74, 6) is 1.55. The topological polar surface area (TPSA) is 55.1 Å². The first-order valence-electron chi connectivity index (χ1n) is 8.64. The molecule has 0 atom stereocenters. The summed E-state index contributed by atoms with van der Waals surface area (Å²) in [6.07, 6.45) is 2.63. The van der Waals surface area contributed by atoms with Crippen molar-refractivity contribution >= 4 is 21.8 Å². The summed E-state index contributed by atoms with van der Waals surface area (Å²) >= 11 is 3.42. The van der Waals surface area contributed by atoms with Crippen LogP contribution in [0.5, 0.6) is 0 Å². The third-order valence-corrected chi connectivity index (χ3v) is 4.57. The maximum Gasteiger partial charge on any atom is 0.252 e. The third kappa shape index (κ3) is 4.41. The second kappa shape index (κ2) is 8.32. The van der Waals surface area contributed by atoms with Gasteiger partial charge in [0, 0.05) is 22.1 Å². The normalized spacial score (nSPS) is 10.9. The highest BCUT2D eigenvalue weighted by Gasteiger charge is 2.16. The Morgan fingerprint density at radius 2 is 1.88 bits per heavy atom. The Morgan fingerprint density at radius 3 is 2.62 bits per heavy atom. The molecule has 1 heterocycles. The zero-order valence-corrected chi connectivity index (χ0v) is 16.4. The van der Waals surface area contributed by atoms with Crippen LogP contribution in [0.15, 0.2) is 63.6 Å². The molecule has 5 heteroatoms. The minimum absolute atomic E-state index is 0.107. The quantitative estimate of drug-likeness (QED) is 0.577. The molecule has 0 aliphatic rings. The Kier molecular flexibility index (Phi) is 5.89. The molecule has 3 rings (SSSR count). The first kappa shape index (κ1) is 18.4. The van der Waals surface area contributed by atoms with Gasteiger partial charge in [-0.25, -0.2) is 4.98 Å². The molecule has 1 aromatic heterocycles. The fraction of sp³-hybridized carbons (Fsp3) is 0.238. The zero-order chi connectivity index (χ0) is 18.5. The van der Waals surface area contributed by atoms with Crippen molar-refractivity contribution in [2.75, 3.05) is 6.54 Å². The number of amides is 1. The SMILES string of the molecule is CC(C)CCNC(=O)c1ccccc1-c1ncc(-c2ccc(Br)cc2)o1. The van der Waals surface area contributed by atoms with E-state index >= 15 is 0 Å². The Morgan fingerprint density at radius 1 is 1.15 bits per heavy atom. The first-order valence-corrected chi connectivity index (χ1v) is 9.43. The molecule has 0 bridgehead atoms. The van der Waals surface area contributed by atoms with E-state index in [1.54, 1.807) is 12.3 Å². The van der Waals surface area contributed by atoms with E-state index in [0.717, 1.165) is 16.5 Å². The van der Waals surface area contributed by atoms with Gasteiger partial charge in [-0.3, -0.25) is 4.79 Å². The Bertz CT molecular complexity index is 885. The summed E-state index contributed by atoms with van der Waals surface area (Å²) in [6.45, 7) is 4.92. The van der Waals surface area contributed by atoms with Crippen molar-refractivity contribution in [3.8, 4) is 22.8 Å². The maximum absolute atomic E-state index is 12.5. The number of nitrogens with one attached hydrogen (secondary N) is 1. The Balaban J connectivity index is 1.84. The van der Waals surface area contributed by atoms with Gasteiger partial charge in [-0.15, -0.1) is 0 Å². The van der Waals surface area contributed by atoms with Gasteiger partial charge in [0.05, 0.1) is 11.8 Å². The molecule has 1 N–H and O–H groups in total. The van der Waals surface area contributed by atoms with Crippen molar-refractivity contribution in [1.29, 1.82) is 0 Å². The fourth-order valence-corrected chi connectivity index (χ4v) is 2.85. The van der Waals surface area contributed by atoms with E-state index in [4.69, 9.17) is 4.42 Å². The summed E-state index contributed by atoms with van der Waals surface area (Å²) < 4.78 is 6.93. The van der Waals surface area contributed by atoms with Gasteiger partial charge in [0.25, 0.3) is 5.91 Å². The number of hydrogen-bond donors (Lipinski definition) is 1. The number of hydrogen-bond acceptors (Lipinski definition) is 3. The van der Waals surface area contributed by atoms with E-state index in [1.165, 1.54) is 0 Å². The van der Waals surface area contributed by atoms with Crippen LogP contribution in [-0.2, 0) is 0 Å². The first-order chi connectivity index (χ1) is 12.5. The molecule has 0 fully saturated rings. The predicted molar refractivity (Wildman–Crippen MR) is 107 cm³/mol. The summed E-state index contributed by atoms with van der Waals surface area (Å²) in [5.41, 5.74) is 2.20. The van der Waals surface area contributed by atoms with Crippen molar-refractivity contribution in [1.82, 2.24) is 10.3 Å². The lowest BCUT2D eigenvalue weighted by molar-refractivity contribution is 0.0952. The number of aromatic nitrogens is 1. The molecule has 1 amide bonds. The van der Waals surface area contributed by atoms with Crippen molar-refractivity contribution in [3.05, 3.63) is 64.8 Å². The molecule has 2 aromatic carbocycles. The van der Waals surface area contributed by atoms with E-state index < -0.39 is 0 Å². The highest BCUT2D eigenvalue weighted by atomic mass is 79.9. The predicted octanol–water partition coefficient (Wildman–Crippen LogP) is 5.55. The van der Waals surface area contributed by atoms with Crippen LogP contribution in [0, 0.1) is 5.92 Å². The lowest BCUT2D eigenvalue weighted by Crippen LogP contribution is -2.25. The summed E-state index contributed by atoms with van der Waals surface area (Å²) in [5, 5.41) is 2.97. The summed E-state index contributed by atoms with van der Waals surface area (Å²) in [7, 11) is 0. The van der Waals surface area contributed by atoms with Gasteiger partial charge >= 0.3 is 0 Å². The fourth-order valence-electron chi connectivity index (χ4n) is 2.58. The smallest absolute Gasteiger partial charge is 0.252 e. The lowest BCUT2D eigenvalue weighted by Gasteiger charge is -2.09. The van der Waals surface area contributed by atoms with Crippen molar-refractivity contribution in [3.63, 3.8) is 0 Å². The number of rotatable bonds is 6. The molecule has 0 aliphatic heterocycles. The molecule has 26 heavy (non-hydrogen) atoms. The van der Waals surface area contributed by atoms with Crippen LogP contribution < -0.4 is 5.32 Å². The average molecular weight is 413 g/mol. The second-order valence-corrected chi connectivity index (χ2v) is 7.44. The number of oxazole rings is 1. The van der Waals surface area contributed by atoms with E-state index in [9.17, 15) is 4.79 Å². The third-order valence-electron chi connectivity index (χ3n) is 4.04. The average Bonchev–Trinajstić information content (AvgIpc) is 3.12. The van der Waals surface area contributed by atoms with Crippen LogP contribution in [0.3, 0.4) is 0 Å². The van der Waals surface area contributed by atoms with Gasteiger partial charge in [0.15, 0.2) is 5.76 Å². The monoisotopic (exact) mass is 412 g/mol. The van der Waals surface area contributed by atoms with Crippen molar-refractivity contribution in [2.45, 2.75) is 20.3 Å². The Hall–Kier alpha value is -2.40. The van der Waals surface area contributed by atoms with E-state index in [2.05, 4.69) is 40.1 Å². The molecular weight excluding hydrogens is 392 g/mol. The molecule has 134 valence electrons. The van der Waals surface area contributed by atoms with Crippen LogP contribution in [0.1, 0.15) is 30.6 Å². The molecule has 0 saturated heterocycles. The van der Waals surface area contributed by atoms with Crippen molar-refractivity contribution < 1.29 is 9.21 Å². The van der Waals surface area contributed by atoms with Crippen LogP contribution in [0.2, 0.25) is 0 Å². The number of benzene rings is 2. The maximum atomic E-state index is 12.5. The minimum atomic E-state index is -0.107. The lowest BCUT2D eigenvalue weighted by atomic mass is 10.1. The standard InChI is InChI=1S/C21H21BrN2O2/c1-14(2)11-12-23-20(25)17-5-3-4-6-18(17)21-24-13-19(26-21)15-7-9-16(22)10-8-15/h3-10,13-14H,11-12H2,1-2H3,(H,23,25). The molecule has 0 radical (unpaired) electrons. The van der Waals surface area contributed by atoms with Crippen LogP contribution in [0.4, 0.5) is 0 Å². The van der Waals surface area contributed by atoms with Gasteiger partial charge in [0.1, 0.15) is 0 Å². The van der Waals surface area contributed by atoms with Gasteiger partial charge in [-0.1, -0.05) is 54.0 Å². The summed E-state index contributed by atoms with van der Waals surface area (Å²) in [6, 6.07) is 15.2. The van der Waals surface area contributed by atoms with E-state index in [0.29, 0.717) is 35.2 Å². The minimum Gasteiger partial charge on any atom is -0.436 e. The summed E-state index contributed by atoms with van der Waals surface area (Å²) in [4.78, 5) is 16.9. The largest absolute Gasteiger partial charge is 0.436 e. The van der Waals surface area contributed by atoms with Crippen LogP contribution >= 0.6 is 15.9 Å². The molecule has 0 aliphatic carbocycles. The molecule has 4 nitrogen and oxygen atoms in total. The van der Waals surface area contributed by atoms with Gasteiger partial charge in [-0.05, 0) is 36.6 Å². The van der Waals surface area contributed by atoms with Crippen LogP contribution in [0.25, 0.3) is 22.8 Å². The zero-order valence-electron chi connectivity index (χ0n) is 14.8. The van der Waals surface area contributed by atoms with Crippen LogP contribution in [-0.4, -0.2) is 17.4 Å². The highest BCUT2D eigenvalue weighted by Crippen LogP contribution is 2.29. The molecular formula is C21H21BrN2O2. The molecule has 0 unspecified atom stereocenters. The van der Waals surface area contributed by atoms with E-state index in [1.807, 2.05) is 42.5 Å². The Labute approximate surface area is 161 Å². The number of carbonyl (C=O) groups excluding carboxylic acids is 1. The number of nitrogens with zero attached hydrogens (tertiary/aromatic N) is 1. The highest BCUT2D eigenvalue weighted by molar-refractivity contribution is 9.10. The number of halogens is 1. The van der Waals surface area contributed by atoms with Crippen molar-refractivity contribution in [2.24, 2.45) is 5.92 Å². The number of carbonyl (C=O) groups is 1.